The molecule has 0 aliphatic carbocycles. The molecule has 27 heavy (non-hydrogen) atoms. The lowest BCUT2D eigenvalue weighted by atomic mass is 9.87. The molecular weight excluding hydrogens is 342 g/mol. The van der Waals surface area contributed by atoms with Crippen LogP contribution in [0.4, 0.5) is 0 Å². The van der Waals surface area contributed by atoms with Crippen LogP contribution in [0.2, 0.25) is 0 Å². The number of hydrogen-bond donors (Lipinski definition) is 0. The number of pyridine rings is 1. The van der Waals surface area contributed by atoms with Crippen molar-refractivity contribution in [1.82, 2.24) is 4.98 Å². The van der Waals surface area contributed by atoms with Gasteiger partial charge >= 0.3 is 0 Å². The standard InChI is InChI=1S/C22H33NO4/c1-15(2)18-12-16(3)21-19(27-14-18)13-20(26-9-5-8-24-4)22(23-21)17-6-10-25-11-7-17/h6,13,15-16,18H,5,7-12,14H2,1-4H3. The van der Waals surface area contributed by atoms with Crippen molar-refractivity contribution in [1.29, 1.82) is 0 Å². The Morgan fingerprint density at radius 2 is 2.15 bits per heavy atom. The predicted octanol–water partition coefficient (Wildman–Crippen LogP) is 4.46. The van der Waals surface area contributed by atoms with Gasteiger partial charge in [0.05, 0.1) is 32.1 Å². The molecule has 1 aromatic heterocycles. The van der Waals surface area contributed by atoms with Gasteiger partial charge in [0.15, 0.2) is 0 Å². The summed E-state index contributed by atoms with van der Waals surface area (Å²) in [5.41, 5.74) is 3.22. The molecule has 0 aromatic carbocycles. The van der Waals surface area contributed by atoms with Crippen molar-refractivity contribution in [3.8, 4) is 11.5 Å². The van der Waals surface area contributed by atoms with Crippen LogP contribution in [-0.2, 0) is 9.47 Å². The molecular formula is C22H33NO4. The molecule has 5 nitrogen and oxygen atoms in total. The molecule has 1 aromatic rings. The normalized spacial score (nSPS) is 22.6. The molecule has 0 saturated heterocycles. The molecule has 150 valence electrons. The van der Waals surface area contributed by atoms with Crippen molar-refractivity contribution in [2.45, 2.75) is 46.0 Å². The van der Waals surface area contributed by atoms with Gasteiger partial charge in [-0.15, -0.1) is 0 Å². The molecule has 0 saturated carbocycles. The summed E-state index contributed by atoms with van der Waals surface area (Å²) in [4.78, 5) is 5.07. The van der Waals surface area contributed by atoms with Crippen LogP contribution in [0.5, 0.6) is 11.5 Å². The maximum atomic E-state index is 6.19. The molecule has 3 heterocycles. The number of ether oxygens (including phenoxy) is 4. The molecule has 2 atom stereocenters. The Morgan fingerprint density at radius 3 is 2.85 bits per heavy atom. The number of fused-ring (bicyclic) bond motifs is 1. The van der Waals surface area contributed by atoms with E-state index in [1.165, 1.54) is 5.57 Å². The Bertz CT molecular complexity index is 656. The Morgan fingerprint density at radius 1 is 1.30 bits per heavy atom. The largest absolute Gasteiger partial charge is 0.491 e. The first-order chi connectivity index (χ1) is 13.1. The number of hydrogen-bond acceptors (Lipinski definition) is 5. The monoisotopic (exact) mass is 375 g/mol. The van der Waals surface area contributed by atoms with Gasteiger partial charge in [-0.25, -0.2) is 4.98 Å². The number of rotatable bonds is 7. The van der Waals surface area contributed by atoms with E-state index in [1.807, 2.05) is 0 Å². The average Bonchev–Trinajstić information content (AvgIpc) is 2.84. The van der Waals surface area contributed by atoms with E-state index in [1.54, 1.807) is 7.11 Å². The third-order valence-corrected chi connectivity index (χ3v) is 5.52. The van der Waals surface area contributed by atoms with Crippen LogP contribution in [0.15, 0.2) is 12.1 Å². The van der Waals surface area contributed by atoms with E-state index in [0.717, 1.165) is 55.4 Å². The molecule has 2 unspecified atom stereocenters. The zero-order chi connectivity index (χ0) is 19.2. The summed E-state index contributed by atoms with van der Waals surface area (Å²) in [5, 5.41) is 0. The van der Waals surface area contributed by atoms with Gasteiger partial charge in [-0.1, -0.05) is 26.8 Å². The van der Waals surface area contributed by atoms with Crippen LogP contribution in [0.1, 0.15) is 57.3 Å². The van der Waals surface area contributed by atoms with E-state index in [0.29, 0.717) is 37.6 Å². The quantitative estimate of drug-likeness (QED) is 0.659. The fraction of sp³-hybridized carbons (Fsp3) is 0.682. The van der Waals surface area contributed by atoms with Gasteiger partial charge in [-0.05, 0) is 30.3 Å². The van der Waals surface area contributed by atoms with Crippen molar-refractivity contribution in [3.05, 3.63) is 23.5 Å². The van der Waals surface area contributed by atoms with E-state index >= 15 is 0 Å². The lowest BCUT2D eigenvalue weighted by molar-refractivity contribution is 0.161. The molecule has 2 aliphatic rings. The second-order valence-electron chi connectivity index (χ2n) is 7.92. The minimum Gasteiger partial charge on any atom is -0.491 e. The third kappa shape index (κ3) is 5.02. The SMILES string of the molecule is COCCCOc1cc2c(nc1C1=CCOCC1)C(C)CC(C(C)C)CO2. The number of nitrogens with zero attached hydrogens (tertiary/aromatic N) is 1. The lowest BCUT2D eigenvalue weighted by Crippen LogP contribution is -2.17. The highest BCUT2D eigenvalue weighted by Gasteiger charge is 2.28. The Hall–Kier alpha value is -1.59. The van der Waals surface area contributed by atoms with Crippen molar-refractivity contribution < 1.29 is 18.9 Å². The van der Waals surface area contributed by atoms with Gasteiger partial charge in [-0.2, -0.15) is 0 Å². The van der Waals surface area contributed by atoms with Crippen LogP contribution in [0, 0.1) is 11.8 Å². The third-order valence-electron chi connectivity index (χ3n) is 5.52. The lowest BCUT2D eigenvalue weighted by Gasteiger charge is -2.20. The van der Waals surface area contributed by atoms with Crippen LogP contribution in [-0.4, -0.2) is 45.1 Å². The maximum absolute atomic E-state index is 6.19. The maximum Gasteiger partial charge on any atom is 0.148 e. The minimum atomic E-state index is 0.372. The molecule has 5 heteroatoms. The Balaban J connectivity index is 1.91. The zero-order valence-electron chi connectivity index (χ0n) is 17.1. The predicted molar refractivity (Wildman–Crippen MR) is 106 cm³/mol. The first-order valence-corrected chi connectivity index (χ1v) is 10.2. The van der Waals surface area contributed by atoms with E-state index < -0.39 is 0 Å². The molecule has 2 aliphatic heterocycles. The molecule has 3 rings (SSSR count). The highest BCUT2D eigenvalue weighted by Crippen LogP contribution is 2.40. The van der Waals surface area contributed by atoms with Crippen LogP contribution in [0.3, 0.4) is 0 Å². The molecule has 0 N–H and O–H groups in total. The number of aromatic nitrogens is 1. The first kappa shape index (κ1) is 20.2. The Kier molecular flexibility index (Phi) is 7.13. The highest BCUT2D eigenvalue weighted by atomic mass is 16.5. The first-order valence-electron chi connectivity index (χ1n) is 10.2. The fourth-order valence-corrected chi connectivity index (χ4v) is 3.72. The van der Waals surface area contributed by atoms with E-state index in [9.17, 15) is 0 Å². The van der Waals surface area contributed by atoms with Gasteiger partial charge in [-0.3, -0.25) is 0 Å². The van der Waals surface area contributed by atoms with Gasteiger partial charge < -0.3 is 18.9 Å². The van der Waals surface area contributed by atoms with Crippen LogP contribution >= 0.6 is 0 Å². The second-order valence-corrected chi connectivity index (χ2v) is 7.92. The topological polar surface area (TPSA) is 49.8 Å². The Labute approximate surface area is 163 Å². The van der Waals surface area contributed by atoms with Crippen LogP contribution < -0.4 is 9.47 Å². The second kappa shape index (κ2) is 9.56. The summed E-state index contributed by atoms with van der Waals surface area (Å²) in [6.07, 6.45) is 4.94. The highest BCUT2D eigenvalue weighted by molar-refractivity contribution is 5.69. The summed E-state index contributed by atoms with van der Waals surface area (Å²) in [7, 11) is 1.71. The summed E-state index contributed by atoms with van der Waals surface area (Å²) >= 11 is 0. The van der Waals surface area contributed by atoms with E-state index in [2.05, 4.69) is 32.9 Å². The van der Waals surface area contributed by atoms with Crippen molar-refractivity contribution in [3.63, 3.8) is 0 Å². The molecule has 0 amide bonds. The molecule has 0 fully saturated rings. The zero-order valence-corrected chi connectivity index (χ0v) is 17.1. The summed E-state index contributed by atoms with van der Waals surface area (Å²) in [6, 6.07) is 2.06. The van der Waals surface area contributed by atoms with Gasteiger partial charge in [0, 0.05) is 32.1 Å². The molecule has 0 bridgehead atoms. The molecule has 0 spiro atoms. The summed E-state index contributed by atoms with van der Waals surface area (Å²) < 4.78 is 22.9. The minimum absolute atomic E-state index is 0.372. The molecule has 0 radical (unpaired) electrons. The smallest absolute Gasteiger partial charge is 0.148 e. The van der Waals surface area contributed by atoms with Crippen LogP contribution in [0.25, 0.3) is 5.57 Å². The van der Waals surface area contributed by atoms with Crippen molar-refractivity contribution in [2.75, 3.05) is 40.1 Å². The average molecular weight is 376 g/mol. The summed E-state index contributed by atoms with van der Waals surface area (Å²) in [5.74, 6) is 3.21. The van der Waals surface area contributed by atoms with E-state index in [4.69, 9.17) is 23.9 Å². The van der Waals surface area contributed by atoms with Gasteiger partial charge in [0.1, 0.15) is 17.2 Å². The van der Waals surface area contributed by atoms with Crippen molar-refractivity contribution >= 4 is 5.57 Å². The van der Waals surface area contributed by atoms with Crippen molar-refractivity contribution in [2.24, 2.45) is 11.8 Å². The summed E-state index contributed by atoms with van der Waals surface area (Å²) in [6.45, 7) is 10.2. The number of methoxy groups -OCH3 is 1. The van der Waals surface area contributed by atoms with Gasteiger partial charge in [0.2, 0.25) is 0 Å². The fourth-order valence-electron chi connectivity index (χ4n) is 3.72. The van der Waals surface area contributed by atoms with E-state index in [-0.39, 0.29) is 0 Å². The van der Waals surface area contributed by atoms with Gasteiger partial charge in [0.25, 0.3) is 0 Å².